The molecular formula is C28H39N3O4S. The van der Waals surface area contributed by atoms with E-state index in [2.05, 4.69) is 10.2 Å². The van der Waals surface area contributed by atoms with Crippen LogP contribution < -0.4 is 10.2 Å². The Hall–Kier alpha value is -1.80. The van der Waals surface area contributed by atoms with Gasteiger partial charge in [0.2, 0.25) is 0 Å². The number of hydrogen-bond acceptors (Lipinski definition) is 6. The summed E-state index contributed by atoms with van der Waals surface area (Å²) in [7, 11) is 0. The SMILES string of the molecule is O=C(O)CO[C@@H]1CCN(c2ccc(C(=O)NC3C4CC5CC(C4)CC3C5)c(SC3CCCCC3)n2)C1. The summed E-state index contributed by atoms with van der Waals surface area (Å²) in [5.74, 6) is 3.06. The molecule has 36 heavy (non-hydrogen) atoms. The molecule has 8 heteroatoms. The van der Waals surface area contributed by atoms with Crippen molar-refractivity contribution in [3.63, 3.8) is 0 Å². The molecule has 6 aliphatic rings. The third-order valence-corrected chi connectivity index (χ3v) is 10.7. The van der Waals surface area contributed by atoms with Gasteiger partial charge in [0, 0.05) is 24.4 Å². The molecule has 2 heterocycles. The van der Waals surface area contributed by atoms with E-state index < -0.39 is 5.97 Å². The summed E-state index contributed by atoms with van der Waals surface area (Å²) in [6.07, 6.45) is 13.4. The maximum Gasteiger partial charge on any atom is 0.329 e. The van der Waals surface area contributed by atoms with Crippen LogP contribution >= 0.6 is 11.8 Å². The van der Waals surface area contributed by atoms with Crippen LogP contribution in [0.2, 0.25) is 0 Å². The van der Waals surface area contributed by atoms with Gasteiger partial charge in [-0.1, -0.05) is 19.3 Å². The van der Waals surface area contributed by atoms with Crippen molar-refractivity contribution in [1.82, 2.24) is 10.3 Å². The smallest absolute Gasteiger partial charge is 0.329 e. The Labute approximate surface area is 218 Å². The quantitative estimate of drug-likeness (QED) is 0.519. The Kier molecular flexibility index (Phi) is 7.17. The monoisotopic (exact) mass is 513 g/mol. The normalized spacial score (nSPS) is 33.7. The first-order valence-corrected chi connectivity index (χ1v) is 15.0. The molecule has 0 spiro atoms. The summed E-state index contributed by atoms with van der Waals surface area (Å²) in [6.45, 7) is 1.15. The van der Waals surface area contributed by atoms with Gasteiger partial charge in [-0.3, -0.25) is 4.79 Å². The van der Waals surface area contributed by atoms with Crippen molar-refractivity contribution in [3.05, 3.63) is 17.7 Å². The van der Waals surface area contributed by atoms with Crippen LogP contribution in [0.15, 0.2) is 17.2 Å². The fourth-order valence-electron chi connectivity index (χ4n) is 7.86. The van der Waals surface area contributed by atoms with Crippen molar-refractivity contribution >= 4 is 29.5 Å². The molecule has 5 aliphatic carbocycles. The number of carbonyl (C=O) groups is 2. The van der Waals surface area contributed by atoms with Gasteiger partial charge in [0.1, 0.15) is 17.5 Å². The number of nitrogens with one attached hydrogen (secondary N) is 1. The number of anilines is 1. The second kappa shape index (κ2) is 10.5. The van der Waals surface area contributed by atoms with Crippen molar-refractivity contribution in [2.45, 2.75) is 93.1 Å². The molecule has 7 nitrogen and oxygen atoms in total. The summed E-state index contributed by atoms with van der Waals surface area (Å²) < 4.78 is 5.52. The van der Waals surface area contributed by atoms with E-state index in [4.69, 9.17) is 14.8 Å². The Bertz CT molecular complexity index is 954. The molecule has 2 N–H and O–H groups in total. The summed E-state index contributed by atoms with van der Waals surface area (Å²) >= 11 is 1.79. The standard InChI is InChI=1S/C28H39N3O4S/c32-25(33)16-35-21-8-9-31(15-21)24-7-6-23(28(29-24)36-22-4-2-1-3-5-22)27(34)30-26-19-11-17-10-18(13-19)14-20(26)12-17/h6-7,17-22,26H,1-5,8-16H2,(H,30,34)(H,32,33)/t17?,18?,19?,20?,21-,26?/m1/s1. The minimum Gasteiger partial charge on any atom is -0.480 e. The molecular weight excluding hydrogens is 474 g/mol. The molecule has 1 aliphatic heterocycles. The number of carboxylic acids is 1. The Morgan fingerprint density at radius 1 is 1.03 bits per heavy atom. The van der Waals surface area contributed by atoms with Crippen molar-refractivity contribution < 1.29 is 19.4 Å². The van der Waals surface area contributed by atoms with Crippen LogP contribution in [0.3, 0.4) is 0 Å². The number of rotatable bonds is 8. The summed E-state index contributed by atoms with van der Waals surface area (Å²) in [5.41, 5.74) is 0.723. The van der Waals surface area contributed by atoms with Crippen LogP contribution in [-0.2, 0) is 9.53 Å². The van der Waals surface area contributed by atoms with Gasteiger partial charge >= 0.3 is 5.97 Å². The van der Waals surface area contributed by atoms with E-state index >= 15 is 0 Å². The average Bonchev–Trinajstić information content (AvgIpc) is 3.34. The number of carbonyl (C=O) groups excluding carboxylic acids is 1. The second-order valence-corrected chi connectivity index (χ2v) is 13.2. The van der Waals surface area contributed by atoms with Crippen LogP contribution in [0.5, 0.6) is 0 Å². The highest BCUT2D eigenvalue weighted by molar-refractivity contribution is 7.99. The van der Waals surface area contributed by atoms with Gasteiger partial charge in [0.05, 0.1) is 11.7 Å². The lowest BCUT2D eigenvalue weighted by atomic mass is 9.54. The lowest BCUT2D eigenvalue weighted by Gasteiger charge is -2.54. The number of aliphatic carboxylic acids is 1. The average molecular weight is 514 g/mol. The first kappa shape index (κ1) is 24.5. The molecule has 0 aromatic carbocycles. The molecule has 1 amide bonds. The van der Waals surface area contributed by atoms with Crippen LogP contribution in [0.4, 0.5) is 5.82 Å². The first-order chi connectivity index (χ1) is 17.5. The molecule has 7 rings (SSSR count). The Morgan fingerprint density at radius 2 is 1.75 bits per heavy atom. The van der Waals surface area contributed by atoms with Gasteiger partial charge < -0.3 is 20.1 Å². The van der Waals surface area contributed by atoms with Gasteiger partial charge in [0.15, 0.2) is 0 Å². The van der Waals surface area contributed by atoms with Crippen LogP contribution in [0, 0.1) is 23.7 Å². The number of aromatic nitrogens is 1. The fourth-order valence-corrected chi connectivity index (χ4v) is 9.18. The van der Waals surface area contributed by atoms with Gasteiger partial charge in [-0.2, -0.15) is 0 Å². The predicted octanol–water partition coefficient (Wildman–Crippen LogP) is 4.74. The van der Waals surface area contributed by atoms with Crippen molar-refractivity contribution in [1.29, 1.82) is 0 Å². The van der Waals surface area contributed by atoms with Gasteiger partial charge in [-0.15, -0.1) is 11.8 Å². The van der Waals surface area contributed by atoms with Crippen molar-refractivity contribution in [2.75, 3.05) is 24.6 Å². The molecule has 1 aromatic heterocycles. The highest BCUT2D eigenvalue weighted by Gasteiger charge is 2.48. The van der Waals surface area contributed by atoms with Crippen LogP contribution in [0.1, 0.15) is 81.0 Å². The van der Waals surface area contributed by atoms with Gasteiger partial charge in [-0.25, -0.2) is 9.78 Å². The molecule has 5 saturated carbocycles. The topological polar surface area (TPSA) is 91.8 Å². The molecule has 0 unspecified atom stereocenters. The first-order valence-electron chi connectivity index (χ1n) is 14.1. The van der Waals surface area contributed by atoms with E-state index in [1.54, 1.807) is 11.8 Å². The van der Waals surface area contributed by atoms with Crippen LogP contribution in [-0.4, -0.2) is 59.1 Å². The highest BCUT2D eigenvalue weighted by atomic mass is 32.2. The molecule has 1 saturated heterocycles. The summed E-state index contributed by atoms with van der Waals surface area (Å²) in [5, 5.41) is 13.8. The number of ether oxygens (including phenoxy) is 1. The minimum atomic E-state index is -0.938. The minimum absolute atomic E-state index is 0.0499. The third-order valence-electron chi connectivity index (χ3n) is 9.36. The molecule has 1 aromatic rings. The van der Waals surface area contributed by atoms with E-state index in [0.29, 0.717) is 29.7 Å². The predicted molar refractivity (Wildman–Crippen MR) is 139 cm³/mol. The maximum absolute atomic E-state index is 13.7. The number of nitrogens with zero attached hydrogens (tertiary/aromatic N) is 2. The van der Waals surface area contributed by atoms with E-state index in [-0.39, 0.29) is 18.6 Å². The molecule has 1 atom stereocenters. The summed E-state index contributed by atoms with van der Waals surface area (Å²) in [6, 6.07) is 4.27. The van der Waals surface area contributed by atoms with Crippen LogP contribution in [0.25, 0.3) is 0 Å². The summed E-state index contributed by atoms with van der Waals surface area (Å²) in [4.78, 5) is 31.8. The zero-order chi connectivity index (χ0) is 24.6. The number of pyridine rings is 1. The molecule has 6 fully saturated rings. The van der Waals surface area contributed by atoms with Gasteiger partial charge in [0.25, 0.3) is 5.91 Å². The molecule has 4 bridgehead atoms. The van der Waals surface area contributed by atoms with E-state index in [1.165, 1.54) is 64.2 Å². The highest BCUT2D eigenvalue weighted by Crippen LogP contribution is 2.53. The zero-order valence-corrected chi connectivity index (χ0v) is 21.9. The number of hydrogen-bond donors (Lipinski definition) is 2. The second-order valence-electron chi connectivity index (χ2n) is 11.9. The number of thioether (sulfide) groups is 1. The zero-order valence-electron chi connectivity index (χ0n) is 21.1. The maximum atomic E-state index is 13.7. The lowest BCUT2D eigenvalue weighted by molar-refractivity contribution is -0.143. The number of carboxylic acid groups (broad SMARTS) is 1. The van der Waals surface area contributed by atoms with Crippen molar-refractivity contribution in [2.24, 2.45) is 23.7 Å². The Morgan fingerprint density at radius 3 is 2.44 bits per heavy atom. The molecule has 0 radical (unpaired) electrons. The van der Waals surface area contributed by atoms with E-state index in [1.807, 2.05) is 12.1 Å². The van der Waals surface area contributed by atoms with E-state index in [9.17, 15) is 9.59 Å². The van der Waals surface area contributed by atoms with Gasteiger partial charge in [-0.05, 0) is 87.2 Å². The fraction of sp³-hybridized carbons (Fsp3) is 0.750. The third kappa shape index (κ3) is 5.26. The Balaban J connectivity index is 1.19. The van der Waals surface area contributed by atoms with Crippen molar-refractivity contribution in [3.8, 4) is 0 Å². The van der Waals surface area contributed by atoms with E-state index in [0.717, 1.165) is 41.2 Å². The lowest BCUT2D eigenvalue weighted by Crippen LogP contribution is -2.55. The number of amides is 1. The molecule has 196 valence electrons. The largest absolute Gasteiger partial charge is 0.480 e.